The van der Waals surface area contributed by atoms with Crippen LogP contribution in [0, 0.1) is 0 Å². The van der Waals surface area contributed by atoms with Crippen LogP contribution >= 0.6 is 11.3 Å². The average molecular weight is 302 g/mol. The number of anilines is 2. The number of carbonyl (C=O) groups is 1. The number of ether oxygens (including phenoxy) is 1. The van der Waals surface area contributed by atoms with Gasteiger partial charge < -0.3 is 10.1 Å². The molecule has 3 rings (SSSR count). The molecule has 0 amide bonds. The van der Waals surface area contributed by atoms with Gasteiger partial charge in [0.05, 0.1) is 6.61 Å². The van der Waals surface area contributed by atoms with E-state index in [0.717, 1.165) is 23.7 Å². The molecule has 0 radical (unpaired) electrons. The number of aromatic nitrogens is 1. The van der Waals surface area contributed by atoms with Crippen LogP contribution in [0.15, 0.2) is 23.6 Å². The molecule has 0 atom stereocenters. The second kappa shape index (κ2) is 6.26. The van der Waals surface area contributed by atoms with Gasteiger partial charge in [-0.05, 0) is 49.8 Å². The molecule has 0 saturated carbocycles. The molecule has 0 fully saturated rings. The van der Waals surface area contributed by atoms with Gasteiger partial charge in [-0.2, -0.15) is 0 Å². The van der Waals surface area contributed by atoms with Crippen molar-refractivity contribution >= 4 is 28.1 Å². The lowest BCUT2D eigenvalue weighted by atomic mass is 9.90. The Kier molecular flexibility index (Phi) is 4.20. The van der Waals surface area contributed by atoms with E-state index in [4.69, 9.17) is 4.74 Å². The van der Waals surface area contributed by atoms with Gasteiger partial charge in [-0.3, -0.25) is 0 Å². The van der Waals surface area contributed by atoms with Gasteiger partial charge in [0.2, 0.25) is 0 Å². The first-order valence-corrected chi connectivity index (χ1v) is 8.16. The van der Waals surface area contributed by atoms with Crippen LogP contribution < -0.4 is 5.32 Å². The monoisotopic (exact) mass is 302 g/mol. The van der Waals surface area contributed by atoms with Crippen molar-refractivity contribution in [2.75, 3.05) is 11.9 Å². The van der Waals surface area contributed by atoms with Gasteiger partial charge in [0.25, 0.3) is 0 Å². The van der Waals surface area contributed by atoms with Gasteiger partial charge in [0, 0.05) is 11.1 Å². The number of hydrogen-bond donors (Lipinski definition) is 1. The van der Waals surface area contributed by atoms with Gasteiger partial charge in [-0.25, -0.2) is 9.78 Å². The third-order valence-corrected chi connectivity index (χ3v) is 4.38. The molecule has 1 aromatic heterocycles. The highest BCUT2D eigenvalue weighted by Crippen LogP contribution is 2.30. The van der Waals surface area contributed by atoms with E-state index in [-0.39, 0.29) is 5.97 Å². The van der Waals surface area contributed by atoms with Crippen LogP contribution in [0.5, 0.6) is 0 Å². The number of carbonyl (C=O) groups excluding carboxylic acids is 1. The summed E-state index contributed by atoms with van der Waals surface area (Å²) >= 11 is 1.43. The fourth-order valence-corrected chi connectivity index (χ4v) is 3.34. The minimum atomic E-state index is -0.364. The summed E-state index contributed by atoms with van der Waals surface area (Å²) in [6, 6.07) is 6.35. The van der Waals surface area contributed by atoms with E-state index in [1.54, 1.807) is 12.3 Å². The lowest BCUT2D eigenvalue weighted by Gasteiger charge is -2.19. The van der Waals surface area contributed by atoms with Gasteiger partial charge in [0.15, 0.2) is 10.8 Å². The van der Waals surface area contributed by atoms with Crippen molar-refractivity contribution in [3.63, 3.8) is 0 Å². The molecule has 0 saturated heterocycles. The molecule has 4 nitrogen and oxygen atoms in total. The van der Waals surface area contributed by atoms with Crippen LogP contribution in [-0.2, 0) is 17.6 Å². The normalized spacial score (nSPS) is 13.6. The summed E-state index contributed by atoms with van der Waals surface area (Å²) in [5, 5.41) is 5.81. The average Bonchev–Trinajstić information content (AvgIpc) is 2.97. The van der Waals surface area contributed by atoms with Gasteiger partial charge >= 0.3 is 5.97 Å². The Morgan fingerprint density at radius 2 is 2.24 bits per heavy atom. The molecule has 0 unspecified atom stereocenters. The first kappa shape index (κ1) is 14.1. The van der Waals surface area contributed by atoms with E-state index >= 15 is 0 Å². The van der Waals surface area contributed by atoms with Crippen LogP contribution in [0.1, 0.15) is 41.4 Å². The summed E-state index contributed by atoms with van der Waals surface area (Å²) in [6.07, 6.45) is 4.75. The number of thiazole rings is 1. The Morgan fingerprint density at radius 1 is 1.38 bits per heavy atom. The quantitative estimate of drug-likeness (QED) is 0.869. The number of esters is 1. The lowest BCUT2D eigenvalue weighted by molar-refractivity contribution is 0.0520. The number of rotatable bonds is 4. The number of nitrogens with zero attached hydrogens (tertiary/aromatic N) is 1. The number of hydrogen-bond acceptors (Lipinski definition) is 5. The van der Waals surface area contributed by atoms with Crippen LogP contribution in [0.25, 0.3) is 0 Å². The molecule has 2 aromatic rings. The van der Waals surface area contributed by atoms with Crippen molar-refractivity contribution in [2.24, 2.45) is 0 Å². The summed E-state index contributed by atoms with van der Waals surface area (Å²) in [4.78, 5) is 15.9. The summed E-state index contributed by atoms with van der Waals surface area (Å²) in [7, 11) is 0. The Bertz CT molecular complexity index is 651. The SMILES string of the molecule is CCOC(=O)c1csc(Nc2cccc3c2CCCC3)n1. The van der Waals surface area contributed by atoms with E-state index in [2.05, 4.69) is 28.5 Å². The smallest absolute Gasteiger partial charge is 0.357 e. The van der Waals surface area contributed by atoms with Crippen LogP contribution in [0.2, 0.25) is 0 Å². The molecule has 0 bridgehead atoms. The van der Waals surface area contributed by atoms with Crippen LogP contribution in [0.3, 0.4) is 0 Å². The van der Waals surface area contributed by atoms with E-state index in [1.807, 2.05) is 0 Å². The maximum atomic E-state index is 11.6. The standard InChI is InChI=1S/C16H18N2O2S/c1-2-20-15(19)14-10-21-16(18-14)17-13-9-5-7-11-6-3-4-8-12(11)13/h5,7,9-10H,2-4,6,8H2,1H3,(H,17,18). The Balaban J connectivity index is 1.80. The number of aryl methyl sites for hydroxylation is 1. The topological polar surface area (TPSA) is 51.2 Å². The number of benzene rings is 1. The van der Waals surface area contributed by atoms with Gasteiger partial charge in [0.1, 0.15) is 0 Å². The predicted octanol–water partition coefficient (Wildman–Crippen LogP) is 3.94. The zero-order valence-corrected chi connectivity index (χ0v) is 12.8. The maximum Gasteiger partial charge on any atom is 0.357 e. The van der Waals surface area contributed by atoms with Gasteiger partial charge in [-0.15, -0.1) is 11.3 Å². The molecular formula is C16H18N2O2S. The predicted molar refractivity (Wildman–Crippen MR) is 84.4 cm³/mol. The van der Waals surface area contributed by atoms with Crippen molar-refractivity contribution in [1.82, 2.24) is 4.98 Å². The Morgan fingerprint density at radius 3 is 3.10 bits per heavy atom. The molecule has 1 aliphatic carbocycles. The fourth-order valence-electron chi connectivity index (χ4n) is 2.64. The summed E-state index contributed by atoms with van der Waals surface area (Å²) in [6.45, 7) is 2.16. The molecule has 0 spiro atoms. The zero-order chi connectivity index (χ0) is 14.7. The minimum Gasteiger partial charge on any atom is -0.461 e. The second-order valence-corrected chi connectivity index (χ2v) is 5.89. The first-order chi connectivity index (χ1) is 10.3. The highest BCUT2D eigenvalue weighted by Gasteiger charge is 2.15. The molecule has 21 heavy (non-hydrogen) atoms. The minimum absolute atomic E-state index is 0.364. The summed E-state index contributed by atoms with van der Waals surface area (Å²) in [5.74, 6) is -0.364. The van der Waals surface area contributed by atoms with Crippen molar-refractivity contribution in [3.05, 3.63) is 40.4 Å². The highest BCUT2D eigenvalue weighted by molar-refractivity contribution is 7.14. The summed E-state index contributed by atoms with van der Waals surface area (Å²) in [5.41, 5.74) is 4.29. The molecule has 1 N–H and O–H groups in total. The summed E-state index contributed by atoms with van der Waals surface area (Å²) < 4.78 is 4.96. The fraction of sp³-hybridized carbons (Fsp3) is 0.375. The maximum absolute atomic E-state index is 11.6. The highest BCUT2D eigenvalue weighted by atomic mass is 32.1. The third-order valence-electron chi connectivity index (χ3n) is 3.63. The molecule has 1 aliphatic rings. The van der Waals surface area contributed by atoms with Crippen LogP contribution in [-0.4, -0.2) is 17.6 Å². The van der Waals surface area contributed by atoms with Crippen molar-refractivity contribution < 1.29 is 9.53 Å². The second-order valence-electron chi connectivity index (χ2n) is 5.03. The number of nitrogens with one attached hydrogen (secondary N) is 1. The van der Waals surface area contributed by atoms with E-state index < -0.39 is 0 Å². The van der Waals surface area contributed by atoms with E-state index in [0.29, 0.717) is 12.3 Å². The third kappa shape index (κ3) is 3.08. The van der Waals surface area contributed by atoms with Crippen molar-refractivity contribution in [2.45, 2.75) is 32.6 Å². The molecule has 1 aromatic carbocycles. The van der Waals surface area contributed by atoms with Gasteiger partial charge in [-0.1, -0.05) is 12.1 Å². The van der Waals surface area contributed by atoms with E-state index in [1.165, 1.54) is 35.3 Å². The Hall–Kier alpha value is -1.88. The Labute approximate surface area is 128 Å². The molecule has 0 aliphatic heterocycles. The first-order valence-electron chi connectivity index (χ1n) is 7.28. The molecule has 110 valence electrons. The van der Waals surface area contributed by atoms with Crippen molar-refractivity contribution in [1.29, 1.82) is 0 Å². The molecule has 5 heteroatoms. The lowest BCUT2D eigenvalue weighted by Crippen LogP contribution is -2.07. The zero-order valence-electron chi connectivity index (χ0n) is 12.0. The van der Waals surface area contributed by atoms with Crippen LogP contribution in [0.4, 0.5) is 10.8 Å². The van der Waals surface area contributed by atoms with E-state index in [9.17, 15) is 4.79 Å². The molecule has 1 heterocycles. The number of fused-ring (bicyclic) bond motifs is 1. The largest absolute Gasteiger partial charge is 0.461 e. The molecular weight excluding hydrogens is 284 g/mol. The van der Waals surface area contributed by atoms with Crippen molar-refractivity contribution in [3.8, 4) is 0 Å².